The maximum absolute atomic E-state index is 13.9. The monoisotopic (exact) mass is 498 g/mol. The van der Waals surface area contributed by atoms with Crippen molar-refractivity contribution >= 4 is 21.8 Å². The van der Waals surface area contributed by atoms with Gasteiger partial charge >= 0.3 is 0 Å². The maximum Gasteiger partial charge on any atom is 0.226 e. The molecule has 6 heteroatoms. The van der Waals surface area contributed by atoms with E-state index in [2.05, 4.69) is 81.0 Å². The van der Waals surface area contributed by atoms with Crippen LogP contribution in [0.4, 0.5) is 0 Å². The van der Waals surface area contributed by atoms with Crippen molar-refractivity contribution in [3.05, 3.63) is 46.5 Å². The molecule has 172 valence electrons. The van der Waals surface area contributed by atoms with Crippen molar-refractivity contribution < 1.29 is 4.79 Å². The van der Waals surface area contributed by atoms with Gasteiger partial charge in [0.15, 0.2) is 0 Å². The molecule has 0 spiro atoms. The Kier molecular flexibility index (Phi) is 5.71. The average molecular weight is 499 g/mol. The maximum atomic E-state index is 13.9. The highest BCUT2D eigenvalue weighted by Gasteiger charge is 2.61. The van der Waals surface area contributed by atoms with Crippen LogP contribution in [0, 0.1) is 17.3 Å². The van der Waals surface area contributed by atoms with Crippen molar-refractivity contribution in [2.75, 3.05) is 0 Å². The molecular weight excluding hydrogens is 464 g/mol. The lowest BCUT2D eigenvalue weighted by atomic mass is 9.46. The van der Waals surface area contributed by atoms with Crippen LogP contribution >= 0.6 is 15.9 Å². The van der Waals surface area contributed by atoms with E-state index in [1.807, 2.05) is 6.33 Å². The third-order valence-corrected chi connectivity index (χ3v) is 9.06. The molecule has 6 rings (SSSR count). The Morgan fingerprint density at radius 2 is 1.78 bits per heavy atom. The van der Waals surface area contributed by atoms with Crippen LogP contribution in [0.1, 0.15) is 95.2 Å². The van der Waals surface area contributed by atoms with E-state index in [0.717, 1.165) is 44.9 Å². The zero-order chi connectivity index (χ0) is 22.5. The van der Waals surface area contributed by atoms with E-state index in [1.165, 1.54) is 17.5 Å². The van der Waals surface area contributed by atoms with Crippen LogP contribution in [-0.4, -0.2) is 20.7 Å². The summed E-state index contributed by atoms with van der Waals surface area (Å²) in [5, 5.41) is 8.12. The van der Waals surface area contributed by atoms with Gasteiger partial charge in [0.1, 0.15) is 6.33 Å². The Balaban J connectivity index is 1.37. The number of carbonyl (C=O) groups is 1. The first-order valence-corrected chi connectivity index (χ1v) is 13.1. The van der Waals surface area contributed by atoms with Crippen molar-refractivity contribution in [1.82, 2.24) is 20.1 Å². The number of hydrogen-bond donors (Lipinski definition) is 1. The summed E-state index contributed by atoms with van der Waals surface area (Å²) in [6, 6.07) is 8.97. The topological polar surface area (TPSA) is 59.8 Å². The minimum absolute atomic E-state index is 0.0555. The Bertz CT molecular complexity index is 970. The molecule has 32 heavy (non-hydrogen) atoms. The lowest BCUT2D eigenvalue weighted by Gasteiger charge is -2.61. The third kappa shape index (κ3) is 3.72. The summed E-state index contributed by atoms with van der Waals surface area (Å²) >= 11 is 3.42. The number of nitrogens with zero attached hydrogens (tertiary/aromatic N) is 3. The summed E-state index contributed by atoms with van der Waals surface area (Å²) in [7, 11) is 0. The zero-order valence-corrected chi connectivity index (χ0v) is 21.1. The van der Waals surface area contributed by atoms with E-state index in [1.54, 1.807) is 0 Å². The third-order valence-electron chi connectivity index (χ3n) is 8.70. The van der Waals surface area contributed by atoms with Crippen LogP contribution in [0.3, 0.4) is 0 Å². The molecule has 4 fully saturated rings. The van der Waals surface area contributed by atoms with Crippen LogP contribution in [0.15, 0.2) is 35.3 Å². The lowest BCUT2D eigenvalue weighted by molar-refractivity contribution is -0.156. The Morgan fingerprint density at radius 3 is 2.34 bits per heavy atom. The molecule has 1 aromatic heterocycles. The number of benzene rings is 1. The van der Waals surface area contributed by atoms with Gasteiger partial charge in [-0.3, -0.25) is 4.79 Å². The van der Waals surface area contributed by atoms with Gasteiger partial charge in [-0.1, -0.05) is 45.0 Å². The van der Waals surface area contributed by atoms with Crippen LogP contribution in [0.2, 0.25) is 0 Å². The van der Waals surface area contributed by atoms with E-state index >= 15 is 0 Å². The smallest absolute Gasteiger partial charge is 0.226 e. The van der Waals surface area contributed by atoms with Gasteiger partial charge in [0.2, 0.25) is 10.6 Å². The molecule has 6 atom stereocenters. The molecule has 0 aliphatic heterocycles. The van der Waals surface area contributed by atoms with Crippen LogP contribution in [0.5, 0.6) is 0 Å². The summed E-state index contributed by atoms with van der Waals surface area (Å²) in [5.74, 6) is 2.05. The lowest BCUT2D eigenvalue weighted by Crippen LogP contribution is -2.61. The largest absolute Gasteiger partial charge is 0.349 e. The van der Waals surface area contributed by atoms with Crippen molar-refractivity contribution in [3.8, 4) is 0 Å². The molecule has 1 heterocycles. The van der Waals surface area contributed by atoms with Gasteiger partial charge < -0.3 is 5.32 Å². The van der Waals surface area contributed by atoms with E-state index in [-0.39, 0.29) is 22.9 Å². The highest BCUT2D eigenvalue weighted by Crippen LogP contribution is 2.64. The fourth-order valence-electron chi connectivity index (χ4n) is 7.24. The fraction of sp³-hybridized carbons (Fsp3) is 0.654. The van der Waals surface area contributed by atoms with E-state index < -0.39 is 0 Å². The highest BCUT2D eigenvalue weighted by atomic mass is 79.9. The van der Waals surface area contributed by atoms with Gasteiger partial charge in [-0.15, -0.1) is 5.10 Å². The number of amides is 1. The molecule has 4 saturated carbocycles. The molecule has 0 saturated heterocycles. The summed E-state index contributed by atoms with van der Waals surface area (Å²) < 4.78 is 2.71. The molecule has 2 unspecified atom stereocenters. The molecule has 4 aliphatic carbocycles. The minimum atomic E-state index is -0.271. The minimum Gasteiger partial charge on any atom is -0.349 e. The Morgan fingerprint density at radius 1 is 1.12 bits per heavy atom. The van der Waals surface area contributed by atoms with E-state index in [9.17, 15) is 4.79 Å². The first-order chi connectivity index (χ1) is 15.4. The highest BCUT2D eigenvalue weighted by molar-refractivity contribution is 9.10. The standard InChI is InChI=1S/C26H35BrN4O/c1-4-17(3)20-6-8-21(9-7-20)22(5-2)29-23(32)25-11-18-10-19(12-25)14-26(13-18,15-25)31-16-28-24(27)30-31/h6-9,16-19,22H,4-5,10-15H2,1-3H3,(H,29,32)/t17-,18-,19+,22-,25?,26?/m0/s1. The molecule has 1 aromatic carbocycles. The average Bonchev–Trinajstić information content (AvgIpc) is 3.23. The van der Waals surface area contributed by atoms with Crippen LogP contribution in [0.25, 0.3) is 0 Å². The Labute approximate surface area is 199 Å². The molecule has 0 radical (unpaired) electrons. The second-order valence-corrected chi connectivity index (χ2v) is 11.5. The molecule has 1 N–H and O–H groups in total. The van der Waals surface area contributed by atoms with Crippen molar-refractivity contribution in [1.29, 1.82) is 0 Å². The van der Waals surface area contributed by atoms with Crippen LogP contribution in [-0.2, 0) is 10.3 Å². The summed E-state index contributed by atoms with van der Waals surface area (Å²) in [6.07, 6.45) is 10.4. The number of aromatic nitrogens is 3. The van der Waals surface area contributed by atoms with Gasteiger partial charge in [0, 0.05) is 0 Å². The van der Waals surface area contributed by atoms with Gasteiger partial charge in [-0.2, -0.15) is 0 Å². The molecule has 2 aromatic rings. The molecular formula is C26H35BrN4O. The van der Waals surface area contributed by atoms with Crippen LogP contribution < -0.4 is 5.32 Å². The quantitative estimate of drug-likeness (QED) is 0.500. The predicted molar refractivity (Wildman–Crippen MR) is 129 cm³/mol. The van der Waals surface area contributed by atoms with Gasteiger partial charge in [-0.25, -0.2) is 9.67 Å². The van der Waals surface area contributed by atoms with E-state index in [4.69, 9.17) is 0 Å². The van der Waals surface area contributed by atoms with Crippen molar-refractivity contribution in [2.45, 2.75) is 89.6 Å². The molecule has 4 aliphatic rings. The summed E-state index contributed by atoms with van der Waals surface area (Å²) in [6.45, 7) is 6.66. The predicted octanol–water partition coefficient (Wildman–Crippen LogP) is 6.12. The van der Waals surface area contributed by atoms with E-state index in [0.29, 0.717) is 22.5 Å². The number of nitrogens with one attached hydrogen (secondary N) is 1. The molecule has 1 amide bonds. The second kappa shape index (κ2) is 8.27. The van der Waals surface area contributed by atoms with Gasteiger partial charge in [-0.05, 0) is 96.2 Å². The number of carbonyl (C=O) groups excluding carboxylic acids is 1. The SMILES string of the molecule is CC[C@H](NC(=O)C12C[C@H]3C[C@@H](C1)CC(n1cnc(Br)n1)(C3)C2)c1ccc([C@@H](C)CC)cc1. The summed E-state index contributed by atoms with van der Waals surface area (Å²) in [5.41, 5.74) is 2.26. The van der Waals surface area contributed by atoms with Crippen molar-refractivity contribution in [3.63, 3.8) is 0 Å². The van der Waals surface area contributed by atoms with Gasteiger partial charge in [0.25, 0.3) is 0 Å². The first-order valence-electron chi connectivity index (χ1n) is 12.3. The second-order valence-electron chi connectivity index (χ2n) is 10.8. The van der Waals surface area contributed by atoms with Gasteiger partial charge in [0.05, 0.1) is 17.0 Å². The Hall–Kier alpha value is -1.69. The zero-order valence-electron chi connectivity index (χ0n) is 19.5. The normalized spacial score (nSPS) is 32.6. The summed E-state index contributed by atoms with van der Waals surface area (Å²) in [4.78, 5) is 18.2. The first kappa shape index (κ1) is 22.1. The number of halogens is 1. The molecule has 5 nitrogen and oxygen atoms in total. The number of rotatable bonds is 7. The molecule has 4 bridgehead atoms. The fourth-order valence-corrected chi connectivity index (χ4v) is 7.51. The number of hydrogen-bond acceptors (Lipinski definition) is 3. The van der Waals surface area contributed by atoms with Crippen molar-refractivity contribution in [2.24, 2.45) is 17.3 Å².